The predicted octanol–water partition coefficient (Wildman–Crippen LogP) is 3.17. The number of ketones is 1. The summed E-state index contributed by atoms with van der Waals surface area (Å²) in [6.07, 6.45) is 6.56. The Kier molecular flexibility index (Phi) is 5.35. The van der Waals surface area contributed by atoms with Gasteiger partial charge in [0.1, 0.15) is 6.10 Å². The molecular formula is C16H26N2O2. The number of Topliss-reactive ketones (excluding diaryl/α,β-unsaturated/α-hetero) is 1. The van der Waals surface area contributed by atoms with Crippen LogP contribution in [0.4, 0.5) is 0 Å². The van der Waals surface area contributed by atoms with Gasteiger partial charge in [0.2, 0.25) is 0 Å². The Hall–Kier alpha value is -1.16. The van der Waals surface area contributed by atoms with E-state index in [-0.39, 0.29) is 11.9 Å². The van der Waals surface area contributed by atoms with Crippen LogP contribution in [0.5, 0.6) is 0 Å². The zero-order chi connectivity index (χ0) is 14.5. The SMILES string of the molecule is CCOC(C(=O)Cc1ccn(C(CC)CC)n1)C1CC1. The van der Waals surface area contributed by atoms with Gasteiger partial charge in [-0.2, -0.15) is 5.10 Å². The van der Waals surface area contributed by atoms with Crippen molar-refractivity contribution >= 4 is 5.78 Å². The van der Waals surface area contributed by atoms with Gasteiger partial charge in [0.05, 0.1) is 18.2 Å². The molecule has 1 aromatic heterocycles. The van der Waals surface area contributed by atoms with Crippen LogP contribution in [0.3, 0.4) is 0 Å². The third-order valence-electron chi connectivity index (χ3n) is 4.05. The van der Waals surface area contributed by atoms with E-state index in [1.807, 2.05) is 23.9 Å². The number of aromatic nitrogens is 2. The van der Waals surface area contributed by atoms with Crippen LogP contribution >= 0.6 is 0 Å². The maximum Gasteiger partial charge on any atom is 0.167 e. The van der Waals surface area contributed by atoms with Crippen molar-refractivity contribution in [1.29, 1.82) is 0 Å². The highest BCUT2D eigenvalue weighted by Gasteiger charge is 2.36. The number of hydrogen-bond donors (Lipinski definition) is 0. The average Bonchev–Trinajstić information content (AvgIpc) is 3.18. The van der Waals surface area contributed by atoms with Crippen LogP contribution < -0.4 is 0 Å². The monoisotopic (exact) mass is 278 g/mol. The minimum Gasteiger partial charge on any atom is -0.370 e. The lowest BCUT2D eigenvalue weighted by atomic mass is 10.1. The second kappa shape index (κ2) is 7.02. The Bertz CT molecular complexity index is 433. The number of carbonyl (C=O) groups excluding carboxylic acids is 1. The molecule has 0 amide bonds. The second-order valence-electron chi connectivity index (χ2n) is 5.61. The Morgan fingerprint density at radius 1 is 1.40 bits per heavy atom. The highest BCUT2D eigenvalue weighted by atomic mass is 16.5. The molecular weight excluding hydrogens is 252 g/mol. The minimum absolute atomic E-state index is 0.184. The van der Waals surface area contributed by atoms with Gasteiger partial charge in [0.15, 0.2) is 5.78 Å². The highest BCUT2D eigenvalue weighted by Crippen LogP contribution is 2.35. The summed E-state index contributed by atoms with van der Waals surface area (Å²) < 4.78 is 7.61. The van der Waals surface area contributed by atoms with Crippen LogP contribution in [-0.4, -0.2) is 28.3 Å². The molecule has 1 unspecified atom stereocenters. The van der Waals surface area contributed by atoms with Gasteiger partial charge in [-0.05, 0) is 44.6 Å². The van der Waals surface area contributed by atoms with Gasteiger partial charge in [-0.1, -0.05) is 13.8 Å². The molecule has 2 rings (SSSR count). The van der Waals surface area contributed by atoms with Crippen molar-refractivity contribution in [2.75, 3.05) is 6.61 Å². The van der Waals surface area contributed by atoms with E-state index in [1.54, 1.807) is 0 Å². The van der Waals surface area contributed by atoms with Crippen LogP contribution in [0.1, 0.15) is 58.2 Å². The number of hydrogen-bond acceptors (Lipinski definition) is 3. The van der Waals surface area contributed by atoms with Crippen molar-refractivity contribution in [2.45, 2.75) is 65.0 Å². The first-order valence-corrected chi connectivity index (χ1v) is 7.87. The Morgan fingerprint density at radius 2 is 2.10 bits per heavy atom. The second-order valence-corrected chi connectivity index (χ2v) is 5.61. The van der Waals surface area contributed by atoms with E-state index in [9.17, 15) is 4.79 Å². The summed E-state index contributed by atoms with van der Waals surface area (Å²) in [7, 11) is 0. The van der Waals surface area contributed by atoms with Crippen molar-refractivity contribution in [2.24, 2.45) is 5.92 Å². The zero-order valence-electron chi connectivity index (χ0n) is 12.8. The zero-order valence-corrected chi connectivity index (χ0v) is 12.8. The van der Waals surface area contributed by atoms with E-state index in [4.69, 9.17) is 4.74 Å². The van der Waals surface area contributed by atoms with E-state index >= 15 is 0 Å². The van der Waals surface area contributed by atoms with Gasteiger partial charge >= 0.3 is 0 Å². The molecule has 20 heavy (non-hydrogen) atoms. The Balaban J connectivity index is 1.96. The van der Waals surface area contributed by atoms with Gasteiger partial charge in [0.25, 0.3) is 0 Å². The van der Waals surface area contributed by atoms with Crippen molar-refractivity contribution in [3.63, 3.8) is 0 Å². The predicted molar refractivity (Wildman–Crippen MR) is 78.7 cm³/mol. The quantitative estimate of drug-likeness (QED) is 0.697. The summed E-state index contributed by atoms with van der Waals surface area (Å²) in [5, 5.41) is 4.55. The normalized spacial score (nSPS) is 16.6. The molecule has 1 heterocycles. The van der Waals surface area contributed by atoms with Crippen molar-refractivity contribution in [3.05, 3.63) is 18.0 Å². The van der Waals surface area contributed by atoms with E-state index in [0.717, 1.165) is 31.4 Å². The first-order valence-electron chi connectivity index (χ1n) is 7.87. The third kappa shape index (κ3) is 3.69. The molecule has 0 radical (unpaired) electrons. The first-order chi connectivity index (χ1) is 9.69. The number of ether oxygens (including phenoxy) is 1. The topological polar surface area (TPSA) is 44.1 Å². The molecule has 112 valence electrons. The molecule has 0 aliphatic heterocycles. The summed E-state index contributed by atoms with van der Waals surface area (Å²) in [4.78, 5) is 12.3. The molecule has 0 aromatic carbocycles. The van der Waals surface area contributed by atoms with E-state index < -0.39 is 0 Å². The van der Waals surface area contributed by atoms with E-state index in [1.165, 1.54) is 0 Å². The lowest BCUT2D eigenvalue weighted by Crippen LogP contribution is -2.28. The van der Waals surface area contributed by atoms with Gasteiger partial charge in [-0.3, -0.25) is 9.48 Å². The van der Waals surface area contributed by atoms with Crippen molar-refractivity contribution in [3.8, 4) is 0 Å². The summed E-state index contributed by atoms with van der Waals surface area (Å²) >= 11 is 0. The van der Waals surface area contributed by atoms with Crippen molar-refractivity contribution < 1.29 is 9.53 Å². The smallest absolute Gasteiger partial charge is 0.167 e. The average molecular weight is 278 g/mol. The van der Waals surface area contributed by atoms with Crippen LogP contribution in [0.25, 0.3) is 0 Å². The number of carbonyl (C=O) groups is 1. The first kappa shape index (κ1) is 15.2. The molecule has 1 atom stereocenters. The van der Waals surface area contributed by atoms with Gasteiger partial charge in [-0.25, -0.2) is 0 Å². The molecule has 1 saturated carbocycles. The summed E-state index contributed by atoms with van der Waals surface area (Å²) in [5.74, 6) is 0.632. The molecule has 0 spiro atoms. The summed E-state index contributed by atoms with van der Waals surface area (Å²) in [6, 6.07) is 2.40. The molecule has 1 aliphatic carbocycles. The Morgan fingerprint density at radius 3 is 2.65 bits per heavy atom. The van der Waals surface area contributed by atoms with Crippen molar-refractivity contribution in [1.82, 2.24) is 9.78 Å². The lowest BCUT2D eigenvalue weighted by molar-refractivity contribution is -0.131. The van der Waals surface area contributed by atoms with Gasteiger partial charge in [0, 0.05) is 12.8 Å². The summed E-state index contributed by atoms with van der Waals surface area (Å²) in [6.45, 7) is 6.89. The maximum atomic E-state index is 12.3. The van der Waals surface area contributed by atoms with Crippen LogP contribution in [0.2, 0.25) is 0 Å². The van der Waals surface area contributed by atoms with Gasteiger partial charge < -0.3 is 4.74 Å². The van der Waals surface area contributed by atoms with Crippen LogP contribution in [-0.2, 0) is 16.0 Å². The Labute approximate surface area is 121 Å². The van der Waals surface area contributed by atoms with E-state index in [0.29, 0.717) is 25.0 Å². The fourth-order valence-electron chi connectivity index (χ4n) is 2.69. The number of nitrogens with zero attached hydrogens (tertiary/aromatic N) is 2. The molecule has 1 aliphatic rings. The molecule has 4 nitrogen and oxygen atoms in total. The molecule has 1 fully saturated rings. The standard InChI is InChI=1S/C16H26N2O2/c1-4-14(5-2)18-10-9-13(17-18)11-15(19)16(20-6-3)12-7-8-12/h9-10,12,14,16H,4-8,11H2,1-3H3. The fourth-order valence-corrected chi connectivity index (χ4v) is 2.69. The largest absolute Gasteiger partial charge is 0.370 e. The maximum absolute atomic E-state index is 12.3. The molecule has 4 heteroatoms. The van der Waals surface area contributed by atoms with Crippen LogP contribution in [0.15, 0.2) is 12.3 Å². The number of rotatable bonds is 9. The highest BCUT2D eigenvalue weighted by molar-refractivity contribution is 5.85. The van der Waals surface area contributed by atoms with E-state index in [2.05, 4.69) is 18.9 Å². The van der Waals surface area contributed by atoms with Crippen LogP contribution in [0, 0.1) is 5.92 Å². The van der Waals surface area contributed by atoms with Gasteiger partial charge in [-0.15, -0.1) is 0 Å². The minimum atomic E-state index is -0.210. The summed E-state index contributed by atoms with van der Waals surface area (Å²) in [5.41, 5.74) is 0.868. The molecule has 0 N–H and O–H groups in total. The molecule has 0 bridgehead atoms. The molecule has 0 saturated heterocycles. The fraction of sp³-hybridized carbons (Fsp3) is 0.750. The molecule has 1 aromatic rings. The lowest BCUT2D eigenvalue weighted by Gasteiger charge is -2.14. The third-order valence-corrected chi connectivity index (χ3v) is 4.05.